The van der Waals surface area contributed by atoms with Gasteiger partial charge in [-0.2, -0.15) is 26.3 Å². The molecule has 1 atom stereocenters. The van der Waals surface area contributed by atoms with E-state index in [0.717, 1.165) is 31.2 Å². The van der Waals surface area contributed by atoms with Crippen LogP contribution in [0.1, 0.15) is 49.0 Å². The fraction of sp³-hybridized carbons (Fsp3) is 0.400. The summed E-state index contributed by atoms with van der Waals surface area (Å²) in [5.74, 6) is -5.45. The van der Waals surface area contributed by atoms with E-state index < -0.39 is 59.3 Å². The maximum atomic E-state index is 14.9. The Hall–Kier alpha value is -3.64. The first-order valence-corrected chi connectivity index (χ1v) is 11.5. The average molecular weight is 549 g/mol. The van der Waals surface area contributed by atoms with Crippen LogP contribution in [0, 0.1) is 0 Å². The molecule has 0 aliphatic heterocycles. The summed E-state index contributed by atoms with van der Waals surface area (Å²) >= 11 is 0. The zero-order valence-electron chi connectivity index (χ0n) is 20.6. The summed E-state index contributed by atoms with van der Waals surface area (Å²) in [4.78, 5) is 38.5. The van der Waals surface area contributed by atoms with Crippen LogP contribution >= 0.6 is 0 Å². The van der Waals surface area contributed by atoms with Gasteiger partial charge in [0.15, 0.2) is 0 Å². The van der Waals surface area contributed by atoms with Gasteiger partial charge in [-0.3, -0.25) is 14.4 Å². The van der Waals surface area contributed by atoms with Crippen LogP contribution in [0.25, 0.3) is 0 Å². The monoisotopic (exact) mass is 549 g/mol. The normalized spacial score (nSPS) is 13.0. The van der Waals surface area contributed by atoms with Crippen molar-refractivity contribution in [3.05, 3.63) is 59.7 Å². The Kier molecular flexibility index (Phi) is 9.51. The number of hydrogen-bond donors (Lipinski definition) is 2. The first kappa shape index (κ1) is 30.6. The Bertz CT molecular complexity index is 1150. The second-order valence-electron chi connectivity index (χ2n) is 8.22. The van der Waals surface area contributed by atoms with Gasteiger partial charge in [-0.25, -0.2) is 4.39 Å². The molecule has 0 saturated carbocycles. The minimum absolute atomic E-state index is 0.0415. The largest absolute Gasteiger partial charge is 0.432 e. The topological polar surface area (TPSA) is 78.5 Å². The smallest absolute Gasteiger partial charge is 0.335 e. The van der Waals surface area contributed by atoms with Gasteiger partial charge in [-0.15, -0.1) is 0 Å². The number of amides is 3. The molecule has 2 rings (SSSR count). The molecule has 0 fully saturated rings. The average Bonchev–Trinajstić information content (AvgIpc) is 2.84. The van der Waals surface area contributed by atoms with E-state index in [9.17, 15) is 45.1 Å². The van der Waals surface area contributed by atoms with Crippen molar-refractivity contribution in [3.8, 4) is 0 Å². The number of hydrogen-bond acceptors (Lipinski definition) is 3. The summed E-state index contributed by atoms with van der Waals surface area (Å²) in [6.07, 6.45) is -13.4. The van der Waals surface area contributed by atoms with Gasteiger partial charge in [0.25, 0.3) is 5.91 Å². The lowest BCUT2D eigenvalue weighted by molar-refractivity contribution is -0.349. The molecule has 208 valence electrons. The SMILES string of the molecule is CCC(c1ccccc1NC(=O)c1cccc(NC(=O)C(=O)N(CC)CC)c1)C(F)(C(F)(F)F)C(F)(F)F. The van der Waals surface area contributed by atoms with Crippen LogP contribution in [0.2, 0.25) is 0 Å². The standard InChI is InChI=1S/C25H26F7N3O3/c1-4-18(23(26,24(27,28)29)25(30,31)32)17-12-7-8-13-19(17)34-20(36)15-10-9-11-16(14-15)33-21(37)22(38)35(5-2)6-3/h7-14,18H,4-6H2,1-3H3,(H,33,37)(H,34,36). The lowest BCUT2D eigenvalue weighted by Gasteiger charge is -2.37. The fourth-order valence-corrected chi connectivity index (χ4v) is 3.96. The third-order valence-electron chi connectivity index (χ3n) is 5.93. The molecular weight excluding hydrogens is 523 g/mol. The Morgan fingerprint density at radius 2 is 1.39 bits per heavy atom. The number of anilines is 2. The lowest BCUT2D eigenvalue weighted by atomic mass is 9.79. The number of alkyl halides is 7. The van der Waals surface area contributed by atoms with Gasteiger partial charge in [-0.05, 0) is 50.1 Å². The van der Waals surface area contributed by atoms with E-state index in [-0.39, 0.29) is 24.3 Å². The van der Waals surface area contributed by atoms with Crippen molar-refractivity contribution in [2.24, 2.45) is 0 Å². The summed E-state index contributed by atoms with van der Waals surface area (Å²) in [6, 6.07) is 9.45. The highest BCUT2D eigenvalue weighted by molar-refractivity contribution is 6.39. The van der Waals surface area contributed by atoms with Crippen LogP contribution < -0.4 is 10.6 Å². The molecule has 0 aromatic heterocycles. The second kappa shape index (κ2) is 11.8. The van der Waals surface area contributed by atoms with Crippen LogP contribution in [0.4, 0.5) is 42.1 Å². The molecule has 0 spiro atoms. The van der Waals surface area contributed by atoms with Gasteiger partial charge >= 0.3 is 29.8 Å². The number of carbonyl (C=O) groups is 3. The molecule has 0 aliphatic rings. The molecule has 0 radical (unpaired) electrons. The number of nitrogens with one attached hydrogen (secondary N) is 2. The first-order chi connectivity index (χ1) is 17.6. The van der Waals surface area contributed by atoms with Crippen LogP contribution in [0.3, 0.4) is 0 Å². The number of likely N-dealkylation sites (N-methyl/N-ethyl adjacent to an activating group) is 1. The third kappa shape index (κ3) is 6.25. The quantitative estimate of drug-likeness (QED) is 0.310. The predicted molar refractivity (Wildman–Crippen MR) is 126 cm³/mol. The van der Waals surface area contributed by atoms with Crippen molar-refractivity contribution in [2.75, 3.05) is 23.7 Å². The minimum atomic E-state index is -6.28. The summed E-state index contributed by atoms with van der Waals surface area (Å²) in [5, 5.41) is 4.56. The highest BCUT2D eigenvalue weighted by Gasteiger charge is 2.75. The van der Waals surface area contributed by atoms with Crippen molar-refractivity contribution in [3.63, 3.8) is 0 Å². The zero-order chi connectivity index (χ0) is 28.9. The predicted octanol–water partition coefficient (Wildman–Crippen LogP) is 6.07. The van der Waals surface area contributed by atoms with Crippen molar-refractivity contribution < 1.29 is 45.1 Å². The molecule has 0 saturated heterocycles. The molecular formula is C25H26F7N3O3. The number of rotatable bonds is 8. The number of benzene rings is 2. The Morgan fingerprint density at radius 3 is 1.92 bits per heavy atom. The maximum Gasteiger partial charge on any atom is 0.432 e. The van der Waals surface area contributed by atoms with Gasteiger partial charge in [0.1, 0.15) is 0 Å². The van der Waals surface area contributed by atoms with E-state index in [0.29, 0.717) is 0 Å². The number of carbonyl (C=O) groups excluding carboxylic acids is 3. The van der Waals surface area contributed by atoms with Crippen molar-refractivity contribution in [2.45, 2.75) is 51.1 Å². The molecule has 0 heterocycles. The second-order valence-corrected chi connectivity index (χ2v) is 8.22. The number of nitrogens with zero attached hydrogens (tertiary/aromatic N) is 1. The maximum absolute atomic E-state index is 14.9. The van der Waals surface area contributed by atoms with Crippen molar-refractivity contribution >= 4 is 29.1 Å². The fourth-order valence-electron chi connectivity index (χ4n) is 3.96. The molecule has 38 heavy (non-hydrogen) atoms. The van der Waals surface area contributed by atoms with Gasteiger partial charge in [-0.1, -0.05) is 31.2 Å². The summed E-state index contributed by atoms with van der Waals surface area (Å²) in [7, 11) is 0. The Balaban J connectivity index is 2.38. The third-order valence-corrected chi connectivity index (χ3v) is 5.93. The van der Waals surface area contributed by atoms with E-state index in [4.69, 9.17) is 0 Å². The highest BCUT2D eigenvalue weighted by atomic mass is 19.4. The molecule has 2 aromatic rings. The van der Waals surface area contributed by atoms with Gasteiger partial charge < -0.3 is 15.5 Å². The first-order valence-electron chi connectivity index (χ1n) is 11.5. The number of halogens is 7. The van der Waals surface area contributed by atoms with Crippen LogP contribution in [-0.2, 0) is 9.59 Å². The van der Waals surface area contributed by atoms with Crippen molar-refractivity contribution in [1.82, 2.24) is 4.90 Å². The molecule has 3 amide bonds. The Morgan fingerprint density at radius 1 is 0.816 bits per heavy atom. The lowest BCUT2D eigenvalue weighted by Crippen LogP contribution is -2.57. The van der Waals surface area contributed by atoms with Gasteiger partial charge in [0.05, 0.1) is 0 Å². The summed E-state index contributed by atoms with van der Waals surface area (Å²) in [6.45, 7) is 4.90. The summed E-state index contributed by atoms with van der Waals surface area (Å²) in [5.41, 5.74) is -6.82. The van der Waals surface area contributed by atoms with E-state index >= 15 is 0 Å². The highest BCUT2D eigenvalue weighted by Crippen LogP contribution is 2.55. The van der Waals surface area contributed by atoms with E-state index in [2.05, 4.69) is 10.6 Å². The summed E-state index contributed by atoms with van der Waals surface area (Å²) < 4.78 is 95.5. The molecule has 0 bridgehead atoms. The van der Waals surface area contributed by atoms with Crippen LogP contribution in [-0.4, -0.2) is 53.7 Å². The van der Waals surface area contributed by atoms with Crippen LogP contribution in [0.5, 0.6) is 0 Å². The number of para-hydroxylation sites is 1. The van der Waals surface area contributed by atoms with Crippen molar-refractivity contribution in [1.29, 1.82) is 0 Å². The molecule has 13 heteroatoms. The molecule has 2 N–H and O–H groups in total. The van der Waals surface area contributed by atoms with Gasteiger partial charge in [0.2, 0.25) is 0 Å². The molecule has 6 nitrogen and oxygen atoms in total. The molecule has 1 unspecified atom stereocenters. The van der Waals surface area contributed by atoms with Gasteiger partial charge in [0, 0.05) is 35.9 Å². The van der Waals surface area contributed by atoms with E-state index in [1.807, 2.05) is 0 Å². The molecule has 0 aliphatic carbocycles. The minimum Gasteiger partial charge on any atom is -0.335 e. The van der Waals surface area contributed by atoms with E-state index in [1.165, 1.54) is 29.2 Å². The molecule has 2 aromatic carbocycles. The van der Waals surface area contributed by atoms with E-state index in [1.54, 1.807) is 13.8 Å². The van der Waals surface area contributed by atoms with Crippen LogP contribution in [0.15, 0.2) is 48.5 Å². The zero-order valence-corrected chi connectivity index (χ0v) is 20.6. The Labute approximate surface area is 214 Å².